The van der Waals surface area contributed by atoms with Gasteiger partial charge in [0, 0.05) is 32.0 Å². The molecule has 1 aromatic heterocycles. The molecule has 0 amide bonds. The van der Waals surface area contributed by atoms with Crippen molar-refractivity contribution >= 4 is 11.8 Å². The second-order valence-corrected chi connectivity index (χ2v) is 3.56. The molecule has 1 aromatic rings. The van der Waals surface area contributed by atoms with Crippen molar-refractivity contribution < 1.29 is 4.74 Å². The predicted molar refractivity (Wildman–Crippen MR) is 65.9 cm³/mol. The minimum Gasteiger partial charge on any atom is -0.383 e. The SMILES string of the molecule is CCCNc1cc(C)nc(NCCOC)n1. The summed E-state index contributed by atoms with van der Waals surface area (Å²) in [5.41, 5.74) is 0.952. The molecule has 16 heavy (non-hydrogen) atoms. The van der Waals surface area contributed by atoms with Crippen LogP contribution in [0.2, 0.25) is 0 Å². The largest absolute Gasteiger partial charge is 0.383 e. The Kier molecular flexibility index (Phi) is 5.56. The summed E-state index contributed by atoms with van der Waals surface area (Å²) in [6.45, 7) is 6.37. The maximum absolute atomic E-state index is 4.96. The molecule has 0 aliphatic rings. The van der Waals surface area contributed by atoms with E-state index >= 15 is 0 Å². The quantitative estimate of drug-likeness (QED) is 0.690. The molecular formula is C11H20N4O. The molecule has 5 nitrogen and oxygen atoms in total. The molecule has 0 aliphatic heterocycles. The van der Waals surface area contributed by atoms with E-state index in [2.05, 4.69) is 27.5 Å². The fourth-order valence-electron chi connectivity index (χ4n) is 1.26. The number of nitrogens with one attached hydrogen (secondary N) is 2. The van der Waals surface area contributed by atoms with Crippen LogP contribution in [0.15, 0.2) is 6.07 Å². The summed E-state index contributed by atoms with van der Waals surface area (Å²) in [7, 11) is 1.67. The van der Waals surface area contributed by atoms with Crippen molar-refractivity contribution in [1.82, 2.24) is 9.97 Å². The maximum atomic E-state index is 4.96. The highest BCUT2D eigenvalue weighted by Gasteiger charge is 2.00. The fraction of sp³-hybridized carbons (Fsp3) is 0.636. The number of hydrogen-bond acceptors (Lipinski definition) is 5. The Bertz CT molecular complexity index is 317. The molecule has 1 rings (SSSR count). The third kappa shape index (κ3) is 4.44. The van der Waals surface area contributed by atoms with Crippen LogP contribution in [0, 0.1) is 6.92 Å². The van der Waals surface area contributed by atoms with Gasteiger partial charge < -0.3 is 15.4 Å². The van der Waals surface area contributed by atoms with E-state index in [0.29, 0.717) is 19.1 Å². The normalized spacial score (nSPS) is 10.2. The van der Waals surface area contributed by atoms with E-state index < -0.39 is 0 Å². The van der Waals surface area contributed by atoms with Crippen LogP contribution >= 0.6 is 0 Å². The Morgan fingerprint density at radius 3 is 2.75 bits per heavy atom. The molecule has 0 bridgehead atoms. The standard InChI is InChI=1S/C11H20N4O/c1-4-5-12-10-8-9(2)14-11(15-10)13-6-7-16-3/h8H,4-7H2,1-3H3,(H2,12,13,14,15). The average Bonchev–Trinajstić information content (AvgIpc) is 2.26. The van der Waals surface area contributed by atoms with Crippen molar-refractivity contribution in [1.29, 1.82) is 0 Å². The van der Waals surface area contributed by atoms with E-state index in [1.54, 1.807) is 7.11 Å². The molecule has 0 atom stereocenters. The van der Waals surface area contributed by atoms with Gasteiger partial charge in [-0.3, -0.25) is 0 Å². The number of ether oxygens (including phenoxy) is 1. The summed E-state index contributed by atoms with van der Waals surface area (Å²) in [6, 6.07) is 1.94. The topological polar surface area (TPSA) is 59.1 Å². The van der Waals surface area contributed by atoms with Crippen LogP contribution < -0.4 is 10.6 Å². The number of rotatable bonds is 7. The van der Waals surface area contributed by atoms with E-state index in [-0.39, 0.29) is 0 Å². The number of aryl methyl sites for hydroxylation is 1. The highest BCUT2D eigenvalue weighted by atomic mass is 16.5. The Balaban J connectivity index is 2.58. The van der Waals surface area contributed by atoms with Crippen molar-refractivity contribution in [3.63, 3.8) is 0 Å². The lowest BCUT2D eigenvalue weighted by atomic mass is 10.4. The van der Waals surface area contributed by atoms with Crippen molar-refractivity contribution in [3.05, 3.63) is 11.8 Å². The molecule has 0 aromatic carbocycles. The zero-order valence-electron chi connectivity index (χ0n) is 10.2. The van der Waals surface area contributed by atoms with Gasteiger partial charge in [-0.15, -0.1) is 0 Å². The lowest BCUT2D eigenvalue weighted by Crippen LogP contribution is -2.12. The summed E-state index contributed by atoms with van der Waals surface area (Å²) < 4.78 is 4.96. The first-order valence-corrected chi connectivity index (χ1v) is 5.58. The number of hydrogen-bond donors (Lipinski definition) is 2. The lowest BCUT2D eigenvalue weighted by Gasteiger charge is -2.08. The van der Waals surface area contributed by atoms with Gasteiger partial charge in [-0.1, -0.05) is 6.92 Å². The Morgan fingerprint density at radius 1 is 1.25 bits per heavy atom. The van der Waals surface area contributed by atoms with E-state index in [9.17, 15) is 0 Å². The number of anilines is 2. The van der Waals surface area contributed by atoms with Crippen molar-refractivity contribution in [2.75, 3.05) is 37.4 Å². The first kappa shape index (κ1) is 12.7. The molecule has 0 unspecified atom stereocenters. The molecule has 0 fully saturated rings. The number of nitrogens with zero attached hydrogens (tertiary/aromatic N) is 2. The van der Waals surface area contributed by atoms with E-state index in [0.717, 1.165) is 24.5 Å². The number of methoxy groups -OCH3 is 1. The summed E-state index contributed by atoms with van der Waals surface area (Å²) in [5, 5.41) is 6.36. The lowest BCUT2D eigenvalue weighted by molar-refractivity contribution is 0.210. The molecule has 90 valence electrons. The minimum absolute atomic E-state index is 0.648. The highest BCUT2D eigenvalue weighted by molar-refractivity contribution is 5.41. The Morgan fingerprint density at radius 2 is 2.06 bits per heavy atom. The molecular weight excluding hydrogens is 204 g/mol. The van der Waals surface area contributed by atoms with Gasteiger partial charge in [-0.25, -0.2) is 4.98 Å². The molecule has 0 saturated carbocycles. The molecule has 0 spiro atoms. The highest BCUT2D eigenvalue weighted by Crippen LogP contribution is 2.09. The van der Waals surface area contributed by atoms with Crippen LogP contribution in [0.1, 0.15) is 19.0 Å². The first-order valence-electron chi connectivity index (χ1n) is 5.58. The molecule has 5 heteroatoms. The molecule has 0 saturated heterocycles. The second-order valence-electron chi connectivity index (χ2n) is 3.56. The first-order chi connectivity index (χ1) is 7.76. The Labute approximate surface area is 96.6 Å². The van der Waals surface area contributed by atoms with Gasteiger partial charge in [-0.2, -0.15) is 4.98 Å². The van der Waals surface area contributed by atoms with Gasteiger partial charge in [0.05, 0.1) is 6.61 Å². The zero-order valence-corrected chi connectivity index (χ0v) is 10.2. The average molecular weight is 224 g/mol. The van der Waals surface area contributed by atoms with Gasteiger partial charge in [0.1, 0.15) is 5.82 Å². The van der Waals surface area contributed by atoms with Gasteiger partial charge in [0.2, 0.25) is 5.95 Å². The second kappa shape index (κ2) is 7.00. The van der Waals surface area contributed by atoms with Gasteiger partial charge in [0.25, 0.3) is 0 Å². The number of aromatic nitrogens is 2. The van der Waals surface area contributed by atoms with Crippen LogP contribution in [-0.4, -0.2) is 36.8 Å². The van der Waals surface area contributed by atoms with Crippen LogP contribution in [0.3, 0.4) is 0 Å². The third-order valence-corrected chi connectivity index (χ3v) is 2.00. The van der Waals surface area contributed by atoms with E-state index in [1.165, 1.54) is 0 Å². The molecule has 2 N–H and O–H groups in total. The van der Waals surface area contributed by atoms with E-state index in [4.69, 9.17) is 4.74 Å². The van der Waals surface area contributed by atoms with Crippen LogP contribution in [0.25, 0.3) is 0 Å². The molecule has 1 heterocycles. The molecule has 0 radical (unpaired) electrons. The summed E-state index contributed by atoms with van der Waals surface area (Å²) in [4.78, 5) is 8.65. The predicted octanol–water partition coefficient (Wildman–Crippen LogP) is 1.67. The monoisotopic (exact) mass is 224 g/mol. The van der Waals surface area contributed by atoms with Gasteiger partial charge >= 0.3 is 0 Å². The van der Waals surface area contributed by atoms with Gasteiger partial charge in [-0.05, 0) is 13.3 Å². The smallest absolute Gasteiger partial charge is 0.224 e. The van der Waals surface area contributed by atoms with Crippen LogP contribution in [-0.2, 0) is 4.74 Å². The van der Waals surface area contributed by atoms with Crippen molar-refractivity contribution in [3.8, 4) is 0 Å². The Hall–Kier alpha value is -1.36. The minimum atomic E-state index is 0.648. The van der Waals surface area contributed by atoms with Crippen LogP contribution in [0.4, 0.5) is 11.8 Å². The van der Waals surface area contributed by atoms with Crippen molar-refractivity contribution in [2.45, 2.75) is 20.3 Å². The van der Waals surface area contributed by atoms with Crippen LogP contribution in [0.5, 0.6) is 0 Å². The van der Waals surface area contributed by atoms with Crippen molar-refractivity contribution in [2.24, 2.45) is 0 Å². The third-order valence-electron chi connectivity index (χ3n) is 2.00. The maximum Gasteiger partial charge on any atom is 0.224 e. The summed E-state index contributed by atoms with van der Waals surface area (Å²) >= 11 is 0. The van der Waals surface area contributed by atoms with E-state index in [1.807, 2.05) is 13.0 Å². The fourth-order valence-corrected chi connectivity index (χ4v) is 1.26. The van der Waals surface area contributed by atoms with Gasteiger partial charge in [0.15, 0.2) is 0 Å². The summed E-state index contributed by atoms with van der Waals surface area (Å²) in [6.07, 6.45) is 1.08. The molecule has 0 aliphatic carbocycles. The summed E-state index contributed by atoms with van der Waals surface area (Å²) in [5.74, 6) is 1.52. The zero-order chi connectivity index (χ0) is 11.8.